The first-order valence-corrected chi connectivity index (χ1v) is 7.83. The molecule has 0 aliphatic heterocycles. The van der Waals surface area contributed by atoms with Gasteiger partial charge in [-0.2, -0.15) is 0 Å². The summed E-state index contributed by atoms with van der Waals surface area (Å²) in [4.78, 5) is 2.05. The quantitative estimate of drug-likeness (QED) is 0.713. The Bertz CT molecular complexity index is 471. The average molecular weight is 307 g/mol. The first-order valence-electron chi connectivity index (χ1n) is 6.03. The van der Waals surface area contributed by atoms with E-state index in [-0.39, 0.29) is 0 Å². The third kappa shape index (κ3) is 2.21. The largest absolute Gasteiger partial charge is 0.149 e. The van der Waals surface area contributed by atoms with Crippen molar-refractivity contribution in [3.05, 3.63) is 58.3 Å². The molecule has 2 aromatic rings. The summed E-state index contributed by atoms with van der Waals surface area (Å²) in [5, 5.41) is 2.16. The Hall–Kier alpha value is -0.600. The second-order valence-electron chi connectivity index (χ2n) is 4.77. The Morgan fingerprint density at radius 3 is 2.47 bits per heavy atom. The fourth-order valence-electron chi connectivity index (χ4n) is 2.49. The third-order valence-corrected chi connectivity index (χ3v) is 5.80. The van der Waals surface area contributed by atoms with E-state index >= 15 is 0 Å². The van der Waals surface area contributed by atoms with Gasteiger partial charge < -0.3 is 0 Å². The van der Waals surface area contributed by atoms with Crippen molar-refractivity contribution in [3.8, 4) is 0 Å². The number of benzene rings is 1. The smallest absolute Gasteiger partial charge is 0.0290 e. The number of rotatable bonds is 4. The zero-order chi connectivity index (χ0) is 11.7. The fourth-order valence-corrected chi connectivity index (χ4v) is 4.53. The normalized spacial score (nSPS) is 18.9. The lowest BCUT2D eigenvalue weighted by molar-refractivity contribution is 0.651. The molecule has 0 saturated heterocycles. The van der Waals surface area contributed by atoms with E-state index in [0.717, 1.165) is 6.42 Å². The van der Waals surface area contributed by atoms with Crippen LogP contribution < -0.4 is 0 Å². The molecule has 1 fully saturated rings. The molecule has 1 aromatic heterocycles. The maximum atomic E-state index is 3.93. The molecule has 2 heteroatoms. The Balaban J connectivity index is 1.80. The average Bonchev–Trinajstić information content (AvgIpc) is 3.04. The Morgan fingerprint density at radius 1 is 1.12 bits per heavy atom. The van der Waals surface area contributed by atoms with E-state index in [2.05, 4.69) is 63.8 Å². The van der Waals surface area contributed by atoms with Crippen molar-refractivity contribution in [2.24, 2.45) is 0 Å². The first kappa shape index (κ1) is 11.5. The highest BCUT2D eigenvalue weighted by Crippen LogP contribution is 2.54. The molecule has 1 saturated carbocycles. The van der Waals surface area contributed by atoms with E-state index in [1.54, 1.807) is 0 Å². The highest BCUT2D eigenvalue weighted by Gasteiger charge is 2.49. The summed E-state index contributed by atoms with van der Waals surface area (Å²) in [6.07, 6.45) is 3.78. The summed E-state index contributed by atoms with van der Waals surface area (Å²) in [5.41, 5.74) is 1.89. The van der Waals surface area contributed by atoms with Crippen LogP contribution in [0.15, 0.2) is 47.8 Å². The van der Waals surface area contributed by atoms with Gasteiger partial charge >= 0.3 is 0 Å². The summed E-state index contributed by atoms with van der Waals surface area (Å²) >= 11 is 5.79. The van der Waals surface area contributed by atoms with Gasteiger partial charge in [-0.25, -0.2) is 0 Å². The van der Waals surface area contributed by atoms with Gasteiger partial charge in [0.25, 0.3) is 0 Å². The molecule has 0 amide bonds. The molecule has 0 spiro atoms. The molecule has 1 heterocycles. The maximum absolute atomic E-state index is 3.93. The standard InChI is InChI=1S/C15H15BrS/c16-14(11-13-7-4-10-17-13)15(8-9-15)12-5-2-1-3-6-12/h1-7,10,14H,8-9,11H2. The molecule has 88 valence electrons. The maximum Gasteiger partial charge on any atom is 0.0290 e. The summed E-state index contributed by atoms with van der Waals surface area (Å²) < 4.78 is 0. The van der Waals surface area contributed by atoms with Crippen molar-refractivity contribution in [1.82, 2.24) is 0 Å². The van der Waals surface area contributed by atoms with Gasteiger partial charge in [-0.05, 0) is 36.3 Å². The number of thiophene rings is 1. The van der Waals surface area contributed by atoms with Crippen LogP contribution in [0.25, 0.3) is 0 Å². The predicted octanol–water partition coefficient (Wildman–Crippen LogP) is 4.79. The van der Waals surface area contributed by atoms with E-state index < -0.39 is 0 Å². The van der Waals surface area contributed by atoms with Crippen LogP contribution in [0.5, 0.6) is 0 Å². The Labute approximate surface area is 115 Å². The Kier molecular flexibility index (Phi) is 3.10. The number of hydrogen-bond donors (Lipinski definition) is 0. The van der Waals surface area contributed by atoms with Crippen LogP contribution in [0.3, 0.4) is 0 Å². The van der Waals surface area contributed by atoms with Crippen LogP contribution >= 0.6 is 27.3 Å². The van der Waals surface area contributed by atoms with E-state index in [1.807, 2.05) is 11.3 Å². The molecule has 0 radical (unpaired) electrons. The van der Waals surface area contributed by atoms with E-state index in [1.165, 1.54) is 23.3 Å². The van der Waals surface area contributed by atoms with Gasteiger partial charge in [0, 0.05) is 15.1 Å². The minimum Gasteiger partial charge on any atom is -0.149 e. The van der Waals surface area contributed by atoms with Crippen LogP contribution in [0, 0.1) is 0 Å². The van der Waals surface area contributed by atoms with E-state index in [0.29, 0.717) is 10.2 Å². The molecule has 0 N–H and O–H groups in total. The van der Waals surface area contributed by atoms with Crippen molar-refractivity contribution < 1.29 is 0 Å². The minimum atomic E-state index is 0.394. The first-order chi connectivity index (χ1) is 8.31. The molecular formula is C15H15BrS. The minimum absolute atomic E-state index is 0.394. The van der Waals surface area contributed by atoms with Gasteiger partial charge in [0.15, 0.2) is 0 Å². The second-order valence-corrected chi connectivity index (χ2v) is 6.91. The van der Waals surface area contributed by atoms with Crippen LogP contribution in [0.1, 0.15) is 23.3 Å². The summed E-state index contributed by atoms with van der Waals surface area (Å²) in [6, 6.07) is 15.3. The molecule has 1 aliphatic rings. The van der Waals surface area contributed by atoms with Crippen molar-refractivity contribution in [2.75, 3.05) is 0 Å². The van der Waals surface area contributed by atoms with Gasteiger partial charge in [-0.3, -0.25) is 0 Å². The lowest BCUT2D eigenvalue weighted by atomic mass is 9.90. The molecule has 1 aromatic carbocycles. The Morgan fingerprint density at radius 2 is 1.88 bits per heavy atom. The van der Waals surface area contributed by atoms with E-state index in [4.69, 9.17) is 0 Å². The molecule has 0 nitrogen and oxygen atoms in total. The van der Waals surface area contributed by atoms with Gasteiger partial charge in [0.1, 0.15) is 0 Å². The third-order valence-electron chi connectivity index (χ3n) is 3.70. The summed E-state index contributed by atoms with van der Waals surface area (Å²) in [7, 11) is 0. The summed E-state index contributed by atoms with van der Waals surface area (Å²) in [5.74, 6) is 0. The predicted molar refractivity (Wildman–Crippen MR) is 78.1 cm³/mol. The highest BCUT2D eigenvalue weighted by molar-refractivity contribution is 9.09. The molecule has 3 rings (SSSR count). The lowest BCUT2D eigenvalue weighted by Crippen LogP contribution is -2.22. The molecule has 1 atom stereocenters. The van der Waals surface area contributed by atoms with Crippen molar-refractivity contribution >= 4 is 27.3 Å². The second kappa shape index (κ2) is 4.58. The topological polar surface area (TPSA) is 0 Å². The van der Waals surface area contributed by atoms with Crippen LogP contribution in [-0.2, 0) is 11.8 Å². The molecule has 1 aliphatic carbocycles. The van der Waals surface area contributed by atoms with Crippen molar-refractivity contribution in [1.29, 1.82) is 0 Å². The van der Waals surface area contributed by atoms with Gasteiger partial charge in [-0.1, -0.05) is 52.3 Å². The SMILES string of the molecule is BrC(Cc1cccs1)C1(c2ccccc2)CC1. The monoisotopic (exact) mass is 306 g/mol. The van der Waals surface area contributed by atoms with E-state index in [9.17, 15) is 0 Å². The number of hydrogen-bond acceptors (Lipinski definition) is 1. The lowest BCUT2D eigenvalue weighted by Gasteiger charge is -2.22. The zero-order valence-corrected chi connectivity index (χ0v) is 12.0. The van der Waals surface area contributed by atoms with Gasteiger partial charge in [0.05, 0.1) is 0 Å². The molecule has 17 heavy (non-hydrogen) atoms. The zero-order valence-electron chi connectivity index (χ0n) is 9.60. The molecular weight excluding hydrogens is 292 g/mol. The fraction of sp³-hybridized carbons (Fsp3) is 0.333. The summed E-state index contributed by atoms with van der Waals surface area (Å²) in [6.45, 7) is 0. The van der Waals surface area contributed by atoms with Crippen molar-refractivity contribution in [2.45, 2.75) is 29.5 Å². The van der Waals surface area contributed by atoms with Crippen molar-refractivity contribution in [3.63, 3.8) is 0 Å². The number of halogens is 1. The molecule has 0 bridgehead atoms. The van der Waals surface area contributed by atoms with Crippen LogP contribution in [0.4, 0.5) is 0 Å². The highest BCUT2D eigenvalue weighted by atomic mass is 79.9. The van der Waals surface area contributed by atoms with Gasteiger partial charge in [0.2, 0.25) is 0 Å². The van der Waals surface area contributed by atoms with Crippen LogP contribution in [-0.4, -0.2) is 4.83 Å². The van der Waals surface area contributed by atoms with Crippen LogP contribution in [0.2, 0.25) is 0 Å². The molecule has 1 unspecified atom stereocenters. The number of alkyl halides is 1. The van der Waals surface area contributed by atoms with Gasteiger partial charge in [-0.15, -0.1) is 11.3 Å².